The van der Waals surface area contributed by atoms with Crippen molar-refractivity contribution in [1.29, 1.82) is 0 Å². The second-order valence-electron chi connectivity index (χ2n) is 6.72. The zero-order valence-corrected chi connectivity index (χ0v) is 17.7. The van der Waals surface area contributed by atoms with E-state index < -0.39 is 21.8 Å². The van der Waals surface area contributed by atoms with E-state index in [4.69, 9.17) is 9.47 Å². The minimum Gasteiger partial charge on any atom is -0.493 e. The maximum absolute atomic E-state index is 12.4. The van der Waals surface area contributed by atoms with E-state index in [-0.39, 0.29) is 5.75 Å². The van der Waals surface area contributed by atoms with Crippen LogP contribution in [-0.2, 0) is 19.6 Å². The number of amides is 2. The van der Waals surface area contributed by atoms with Crippen molar-refractivity contribution in [3.63, 3.8) is 0 Å². The summed E-state index contributed by atoms with van der Waals surface area (Å²) in [6.07, 6.45) is 0.547. The molecule has 1 saturated heterocycles. The summed E-state index contributed by atoms with van der Waals surface area (Å²) in [5.41, 5.74) is 1.87. The average Bonchev–Trinajstić information content (AvgIpc) is 3.08. The molecular formula is C20H23N3O6S. The standard InChI is InChI=1S/C20H23N3O6S/c1-13-5-7-15(23-9-4-10-30(23,26)27)12-16(13)22-20(25)19(24)21-14-6-8-17(28-2)18(11-14)29-3/h5-8,11-12H,4,9-10H2,1-3H3,(H,21,24)(H,22,25). The number of methoxy groups -OCH3 is 2. The Morgan fingerprint density at radius 3 is 2.30 bits per heavy atom. The van der Waals surface area contributed by atoms with Crippen molar-refractivity contribution in [1.82, 2.24) is 0 Å². The lowest BCUT2D eigenvalue weighted by Gasteiger charge is -2.19. The fourth-order valence-electron chi connectivity index (χ4n) is 3.11. The molecule has 3 rings (SSSR count). The Balaban J connectivity index is 1.74. The van der Waals surface area contributed by atoms with Crippen LogP contribution >= 0.6 is 0 Å². The van der Waals surface area contributed by atoms with Crippen molar-refractivity contribution in [3.05, 3.63) is 42.0 Å². The molecule has 1 heterocycles. The lowest BCUT2D eigenvalue weighted by atomic mass is 10.1. The van der Waals surface area contributed by atoms with Crippen LogP contribution in [0.15, 0.2) is 36.4 Å². The van der Waals surface area contributed by atoms with Gasteiger partial charge in [0.15, 0.2) is 11.5 Å². The summed E-state index contributed by atoms with van der Waals surface area (Å²) >= 11 is 0. The quantitative estimate of drug-likeness (QED) is 0.699. The Hall–Kier alpha value is -3.27. The largest absolute Gasteiger partial charge is 0.493 e. The normalized spacial score (nSPS) is 14.8. The number of nitrogens with zero attached hydrogens (tertiary/aromatic N) is 1. The molecule has 9 nitrogen and oxygen atoms in total. The number of benzene rings is 2. The van der Waals surface area contributed by atoms with Crippen LogP contribution in [0.1, 0.15) is 12.0 Å². The first-order chi connectivity index (χ1) is 14.2. The van der Waals surface area contributed by atoms with Gasteiger partial charge >= 0.3 is 11.8 Å². The number of carbonyl (C=O) groups excluding carboxylic acids is 2. The molecule has 2 aromatic rings. The number of hydrogen-bond acceptors (Lipinski definition) is 6. The molecule has 10 heteroatoms. The molecule has 1 aliphatic heterocycles. The number of aryl methyl sites for hydroxylation is 1. The minimum atomic E-state index is -3.35. The SMILES string of the molecule is COc1ccc(NC(=O)C(=O)Nc2cc(N3CCCS3(=O)=O)ccc2C)cc1OC. The van der Waals surface area contributed by atoms with Crippen LogP contribution in [0.3, 0.4) is 0 Å². The van der Waals surface area contributed by atoms with E-state index in [2.05, 4.69) is 10.6 Å². The molecule has 1 fully saturated rings. The van der Waals surface area contributed by atoms with Gasteiger partial charge in [-0.05, 0) is 43.2 Å². The number of carbonyl (C=O) groups is 2. The Morgan fingerprint density at radius 2 is 1.67 bits per heavy atom. The molecule has 0 bridgehead atoms. The molecule has 0 unspecified atom stereocenters. The first kappa shape index (κ1) is 21.4. The highest BCUT2D eigenvalue weighted by molar-refractivity contribution is 7.93. The van der Waals surface area contributed by atoms with E-state index in [1.54, 1.807) is 37.3 Å². The topological polar surface area (TPSA) is 114 Å². The highest BCUT2D eigenvalue weighted by atomic mass is 32.2. The van der Waals surface area contributed by atoms with Crippen molar-refractivity contribution < 1.29 is 27.5 Å². The molecule has 0 aromatic heterocycles. The van der Waals surface area contributed by atoms with Crippen LogP contribution in [0.5, 0.6) is 11.5 Å². The molecule has 0 aliphatic carbocycles. The van der Waals surface area contributed by atoms with Crippen LogP contribution < -0.4 is 24.4 Å². The second kappa shape index (κ2) is 8.62. The monoisotopic (exact) mass is 433 g/mol. The number of rotatable bonds is 5. The Kier molecular flexibility index (Phi) is 6.16. The number of hydrogen-bond donors (Lipinski definition) is 2. The Bertz CT molecular complexity index is 1080. The lowest BCUT2D eigenvalue weighted by Crippen LogP contribution is -2.29. The van der Waals surface area contributed by atoms with Gasteiger partial charge in [-0.1, -0.05) is 6.07 Å². The van der Waals surface area contributed by atoms with Crippen LogP contribution in [0, 0.1) is 6.92 Å². The first-order valence-electron chi connectivity index (χ1n) is 9.20. The molecule has 0 saturated carbocycles. The molecule has 2 amide bonds. The van der Waals surface area contributed by atoms with E-state index in [1.807, 2.05) is 0 Å². The minimum absolute atomic E-state index is 0.0936. The number of anilines is 3. The van der Waals surface area contributed by atoms with Crippen LogP contribution in [0.4, 0.5) is 17.1 Å². The van der Waals surface area contributed by atoms with Crippen LogP contribution in [0.25, 0.3) is 0 Å². The highest BCUT2D eigenvalue weighted by Gasteiger charge is 2.29. The van der Waals surface area contributed by atoms with Gasteiger partial charge in [0.05, 0.1) is 25.7 Å². The lowest BCUT2D eigenvalue weighted by molar-refractivity contribution is -0.133. The van der Waals surface area contributed by atoms with E-state index in [9.17, 15) is 18.0 Å². The Labute approximate surface area is 175 Å². The molecule has 0 atom stereocenters. The van der Waals surface area contributed by atoms with Gasteiger partial charge in [0.1, 0.15) is 0 Å². The third-order valence-corrected chi connectivity index (χ3v) is 6.57. The van der Waals surface area contributed by atoms with Gasteiger partial charge in [-0.15, -0.1) is 0 Å². The molecule has 2 N–H and O–H groups in total. The van der Waals surface area contributed by atoms with Crippen molar-refractivity contribution in [2.45, 2.75) is 13.3 Å². The number of sulfonamides is 1. The fraction of sp³-hybridized carbons (Fsp3) is 0.300. The number of nitrogens with one attached hydrogen (secondary N) is 2. The van der Waals surface area contributed by atoms with Crippen molar-refractivity contribution in [3.8, 4) is 11.5 Å². The third kappa shape index (κ3) is 4.48. The predicted molar refractivity (Wildman–Crippen MR) is 114 cm³/mol. The zero-order chi connectivity index (χ0) is 21.9. The summed E-state index contributed by atoms with van der Waals surface area (Å²) in [6.45, 7) is 2.14. The van der Waals surface area contributed by atoms with Crippen molar-refractivity contribution in [2.75, 3.05) is 41.5 Å². The van der Waals surface area contributed by atoms with Crippen molar-refractivity contribution >= 4 is 38.9 Å². The third-order valence-electron chi connectivity index (χ3n) is 4.70. The molecule has 160 valence electrons. The van der Waals surface area contributed by atoms with Gasteiger partial charge in [-0.25, -0.2) is 8.42 Å². The first-order valence-corrected chi connectivity index (χ1v) is 10.8. The maximum Gasteiger partial charge on any atom is 0.314 e. The van der Waals surface area contributed by atoms with E-state index in [0.717, 1.165) is 0 Å². The predicted octanol–water partition coefficient (Wildman–Crippen LogP) is 2.13. The molecule has 2 aromatic carbocycles. The van der Waals surface area contributed by atoms with Gasteiger partial charge in [0.25, 0.3) is 0 Å². The van der Waals surface area contributed by atoms with E-state index in [0.29, 0.717) is 47.1 Å². The molecular weight excluding hydrogens is 410 g/mol. The Morgan fingerprint density at radius 1 is 0.967 bits per heavy atom. The summed E-state index contributed by atoms with van der Waals surface area (Å²) in [4.78, 5) is 24.7. The average molecular weight is 433 g/mol. The van der Waals surface area contributed by atoms with Crippen LogP contribution in [-0.4, -0.2) is 46.7 Å². The van der Waals surface area contributed by atoms with Crippen molar-refractivity contribution in [2.24, 2.45) is 0 Å². The molecule has 0 radical (unpaired) electrons. The van der Waals surface area contributed by atoms with Crippen LogP contribution in [0.2, 0.25) is 0 Å². The molecule has 30 heavy (non-hydrogen) atoms. The summed E-state index contributed by atoms with van der Waals surface area (Å²) in [5.74, 6) is -0.763. The molecule has 0 spiro atoms. The molecule has 1 aliphatic rings. The van der Waals surface area contributed by atoms with Gasteiger partial charge in [-0.2, -0.15) is 0 Å². The maximum atomic E-state index is 12.4. The van der Waals surface area contributed by atoms with Gasteiger partial charge < -0.3 is 20.1 Å². The summed E-state index contributed by atoms with van der Waals surface area (Å²) in [7, 11) is -0.390. The van der Waals surface area contributed by atoms with E-state index in [1.165, 1.54) is 24.6 Å². The summed E-state index contributed by atoms with van der Waals surface area (Å²) in [5, 5.41) is 5.04. The van der Waals surface area contributed by atoms with Gasteiger partial charge in [0, 0.05) is 24.0 Å². The summed E-state index contributed by atoms with van der Waals surface area (Å²) in [6, 6.07) is 9.66. The number of ether oxygens (including phenoxy) is 2. The van der Waals surface area contributed by atoms with E-state index >= 15 is 0 Å². The second-order valence-corrected chi connectivity index (χ2v) is 8.73. The summed E-state index contributed by atoms with van der Waals surface area (Å²) < 4.78 is 35.9. The van der Waals surface area contributed by atoms with Gasteiger partial charge in [0.2, 0.25) is 10.0 Å². The van der Waals surface area contributed by atoms with Gasteiger partial charge in [-0.3, -0.25) is 13.9 Å². The smallest absolute Gasteiger partial charge is 0.314 e. The zero-order valence-electron chi connectivity index (χ0n) is 16.9. The highest BCUT2D eigenvalue weighted by Crippen LogP contribution is 2.30. The fourth-order valence-corrected chi connectivity index (χ4v) is 4.67.